The van der Waals surface area contributed by atoms with Crippen molar-refractivity contribution in [3.05, 3.63) is 106 Å². The molecule has 0 fully saturated rings. The standard InChI is InChI=1S/C23H17BrClN3O/c24-21-15-28(14-16-6-12-20(25)13-7-16)27-22(21)26-23(29)19-10-8-18(9-11-19)17-4-2-1-3-5-17/h1-13,15H,14H2,(H,26,27,29). The first-order chi connectivity index (χ1) is 14.1. The average molecular weight is 467 g/mol. The van der Waals surface area contributed by atoms with Crippen LogP contribution in [0.2, 0.25) is 5.02 Å². The van der Waals surface area contributed by atoms with Crippen LogP contribution in [0.5, 0.6) is 0 Å². The van der Waals surface area contributed by atoms with Crippen molar-refractivity contribution in [2.24, 2.45) is 0 Å². The zero-order valence-corrected chi connectivity index (χ0v) is 17.7. The number of hydrogen-bond acceptors (Lipinski definition) is 2. The average Bonchev–Trinajstić information content (AvgIpc) is 3.09. The summed E-state index contributed by atoms with van der Waals surface area (Å²) in [4.78, 5) is 12.6. The zero-order valence-electron chi connectivity index (χ0n) is 15.3. The van der Waals surface area contributed by atoms with Crippen LogP contribution in [0, 0.1) is 0 Å². The molecule has 4 nitrogen and oxygen atoms in total. The first-order valence-electron chi connectivity index (χ1n) is 9.03. The minimum Gasteiger partial charge on any atom is -0.304 e. The van der Waals surface area contributed by atoms with Crippen LogP contribution in [0.4, 0.5) is 5.82 Å². The largest absolute Gasteiger partial charge is 0.304 e. The van der Waals surface area contributed by atoms with Gasteiger partial charge < -0.3 is 5.32 Å². The Labute approximate surface area is 182 Å². The fraction of sp³-hybridized carbons (Fsp3) is 0.0435. The zero-order chi connectivity index (χ0) is 20.2. The second kappa shape index (κ2) is 8.64. The van der Waals surface area contributed by atoms with E-state index in [-0.39, 0.29) is 5.91 Å². The molecule has 4 rings (SSSR count). The molecule has 4 aromatic rings. The lowest BCUT2D eigenvalue weighted by Crippen LogP contribution is -2.13. The maximum Gasteiger partial charge on any atom is 0.256 e. The van der Waals surface area contributed by atoms with Crippen LogP contribution in [0.25, 0.3) is 11.1 Å². The number of nitrogens with one attached hydrogen (secondary N) is 1. The van der Waals surface area contributed by atoms with E-state index in [0.29, 0.717) is 22.9 Å². The number of carbonyl (C=O) groups excluding carboxylic acids is 1. The number of benzene rings is 3. The molecule has 0 atom stereocenters. The Hall–Kier alpha value is -2.89. The van der Waals surface area contributed by atoms with Crippen LogP contribution in [-0.4, -0.2) is 15.7 Å². The van der Waals surface area contributed by atoms with E-state index in [1.807, 2.05) is 85.1 Å². The van der Waals surface area contributed by atoms with Gasteiger partial charge in [0.2, 0.25) is 0 Å². The van der Waals surface area contributed by atoms with Gasteiger partial charge >= 0.3 is 0 Å². The lowest BCUT2D eigenvalue weighted by Gasteiger charge is -2.05. The Morgan fingerprint density at radius 2 is 1.59 bits per heavy atom. The molecular formula is C23H17BrClN3O. The molecule has 0 aliphatic carbocycles. The van der Waals surface area contributed by atoms with Gasteiger partial charge in [0.05, 0.1) is 11.0 Å². The quantitative estimate of drug-likeness (QED) is 0.377. The van der Waals surface area contributed by atoms with Gasteiger partial charge in [0, 0.05) is 16.8 Å². The molecule has 1 heterocycles. The highest BCUT2D eigenvalue weighted by atomic mass is 79.9. The number of hydrogen-bond donors (Lipinski definition) is 1. The van der Waals surface area contributed by atoms with Crippen LogP contribution < -0.4 is 5.32 Å². The van der Waals surface area contributed by atoms with Crippen molar-refractivity contribution < 1.29 is 4.79 Å². The van der Waals surface area contributed by atoms with E-state index < -0.39 is 0 Å². The highest BCUT2D eigenvalue weighted by molar-refractivity contribution is 9.10. The SMILES string of the molecule is O=C(Nc1nn(Cc2ccc(Cl)cc2)cc1Br)c1ccc(-c2ccccc2)cc1. The van der Waals surface area contributed by atoms with Crippen molar-refractivity contribution in [1.82, 2.24) is 9.78 Å². The van der Waals surface area contributed by atoms with E-state index in [2.05, 4.69) is 26.3 Å². The summed E-state index contributed by atoms with van der Waals surface area (Å²) in [7, 11) is 0. The molecule has 1 amide bonds. The highest BCUT2D eigenvalue weighted by Gasteiger charge is 2.12. The number of nitrogens with zero attached hydrogens (tertiary/aromatic N) is 2. The van der Waals surface area contributed by atoms with Crippen molar-refractivity contribution >= 4 is 39.3 Å². The number of anilines is 1. The number of aromatic nitrogens is 2. The fourth-order valence-electron chi connectivity index (χ4n) is 2.96. The lowest BCUT2D eigenvalue weighted by molar-refractivity contribution is 0.102. The van der Waals surface area contributed by atoms with Crippen molar-refractivity contribution in [3.63, 3.8) is 0 Å². The summed E-state index contributed by atoms with van der Waals surface area (Å²) in [5, 5.41) is 8.02. The van der Waals surface area contributed by atoms with Gasteiger partial charge in [-0.3, -0.25) is 9.48 Å². The van der Waals surface area contributed by atoms with E-state index in [9.17, 15) is 4.79 Å². The normalized spacial score (nSPS) is 10.7. The summed E-state index contributed by atoms with van der Waals surface area (Å²) >= 11 is 9.39. The van der Waals surface area contributed by atoms with Gasteiger partial charge in [0.15, 0.2) is 5.82 Å². The van der Waals surface area contributed by atoms with E-state index in [1.165, 1.54) is 0 Å². The van der Waals surface area contributed by atoms with Crippen LogP contribution in [0.15, 0.2) is 89.5 Å². The first kappa shape index (κ1) is 19.4. The molecule has 0 spiro atoms. The topological polar surface area (TPSA) is 46.9 Å². The number of rotatable bonds is 5. The molecule has 3 aromatic carbocycles. The smallest absolute Gasteiger partial charge is 0.256 e. The third-order valence-corrected chi connectivity index (χ3v) is 5.29. The second-order valence-electron chi connectivity index (χ2n) is 6.55. The van der Waals surface area contributed by atoms with Crippen LogP contribution in [0.3, 0.4) is 0 Å². The van der Waals surface area contributed by atoms with Crippen molar-refractivity contribution in [2.45, 2.75) is 6.54 Å². The van der Waals surface area contributed by atoms with Crippen LogP contribution >= 0.6 is 27.5 Å². The summed E-state index contributed by atoms with van der Waals surface area (Å²) in [6.45, 7) is 0.581. The van der Waals surface area contributed by atoms with E-state index in [4.69, 9.17) is 11.6 Å². The predicted molar refractivity (Wildman–Crippen MR) is 120 cm³/mol. The summed E-state index contributed by atoms with van der Waals surface area (Å²) < 4.78 is 2.49. The van der Waals surface area contributed by atoms with Crippen molar-refractivity contribution in [3.8, 4) is 11.1 Å². The summed E-state index contributed by atoms with van der Waals surface area (Å²) in [5.41, 5.74) is 3.82. The van der Waals surface area contributed by atoms with Gasteiger partial charge in [-0.25, -0.2) is 0 Å². The lowest BCUT2D eigenvalue weighted by atomic mass is 10.0. The minimum atomic E-state index is -0.206. The van der Waals surface area contributed by atoms with Crippen molar-refractivity contribution in [1.29, 1.82) is 0 Å². The second-order valence-corrected chi connectivity index (χ2v) is 7.84. The van der Waals surface area contributed by atoms with Gasteiger partial charge in [0.25, 0.3) is 5.91 Å². The predicted octanol–water partition coefficient (Wildman–Crippen LogP) is 6.27. The first-order valence-corrected chi connectivity index (χ1v) is 10.2. The molecule has 0 aliphatic heterocycles. The molecule has 6 heteroatoms. The van der Waals surface area contributed by atoms with Gasteiger partial charge in [-0.2, -0.15) is 5.10 Å². The van der Waals surface area contributed by atoms with Gasteiger partial charge in [-0.1, -0.05) is 66.2 Å². The molecule has 0 radical (unpaired) electrons. The molecule has 29 heavy (non-hydrogen) atoms. The Morgan fingerprint density at radius 3 is 2.28 bits per heavy atom. The van der Waals surface area contributed by atoms with E-state index >= 15 is 0 Å². The monoisotopic (exact) mass is 465 g/mol. The van der Waals surface area contributed by atoms with Crippen LogP contribution in [0.1, 0.15) is 15.9 Å². The van der Waals surface area contributed by atoms with E-state index in [1.54, 1.807) is 4.68 Å². The molecule has 0 aliphatic rings. The third-order valence-electron chi connectivity index (χ3n) is 4.46. The Balaban J connectivity index is 1.45. The molecule has 0 saturated carbocycles. The van der Waals surface area contributed by atoms with Gasteiger partial charge in [0.1, 0.15) is 0 Å². The van der Waals surface area contributed by atoms with Gasteiger partial charge in [-0.15, -0.1) is 0 Å². The maximum absolute atomic E-state index is 12.6. The minimum absolute atomic E-state index is 0.206. The number of amides is 1. The van der Waals surface area contributed by atoms with Crippen molar-refractivity contribution in [2.75, 3.05) is 5.32 Å². The van der Waals surface area contributed by atoms with Gasteiger partial charge in [-0.05, 0) is 56.9 Å². The Bertz CT molecular complexity index is 1120. The molecular weight excluding hydrogens is 450 g/mol. The molecule has 1 N–H and O–H groups in total. The molecule has 1 aromatic heterocycles. The summed E-state index contributed by atoms with van der Waals surface area (Å²) in [5.74, 6) is 0.276. The number of halogens is 2. The molecule has 0 bridgehead atoms. The fourth-order valence-corrected chi connectivity index (χ4v) is 3.50. The maximum atomic E-state index is 12.6. The van der Waals surface area contributed by atoms with E-state index in [0.717, 1.165) is 21.2 Å². The molecule has 144 valence electrons. The molecule has 0 unspecified atom stereocenters. The number of carbonyl (C=O) groups is 1. The summed E-state index contributed by atoms with van der Waals surface area (Å²) in [6, 6.07) is 25.2. The third kappa shape index (κ3) is 4.75. The highest BCUT2D eigenvalue weighted by Crippen LogP contribution is 2.23. The van der Waals surface area contributed by atoms with Crippen LogP contribution in [-0.2, 0) is 6.54 Å². The Morgan fingerprint density at radius 1 is 0.931 bits per heavy atom. The Kier molecular flexibility index (Phi) is 5.79. The molecule has 0 saturated heterocycles. The summed E-state index contributed by atoms with van der Waals surface area (Å²) in [6.07, 6.45) is 1.84.